The minimum atomic E-state index is -3.29. The lowest BCUT2D eigenvalue weighted by molar-refractivity contribution is 0.265. The fourth-order valence-corrected chi connectivity index (χ4v) is 4.44. The Morgan fingerprint density at radius 2 is 2.19 bits per heavy atom. The predicted molar refractivity (Wildman–Crippen MR) is 61.1 cm³/mol. The monoisotopic (exact) mass is 248 g/mol. The molecule has 1 N–H and O–H groups in total. The molecule has 0 aromatic carbocycles. The summed E-state index contributed by atoms with van der Waals surface area (Å²) in [6, 6.07) is 0.228. The van der Waals surface area contributed by atoms with Gasteiger partial charge in [-0.25, -0.2) is 0 Å². The molecule has 2 fully saturated rings. The molecule has 1 saturated carbocycles. The highest BCUT2D eigenvalue weighted by Crippen LogP contribution is 2.39. The van der Waals surface area contributed by atoms with Crippen LogP contribution in [0.3, 0.4) is 0 Å². The van der Waals surface area contributed by atoms with E-state index in [1.54, 1.807) is 11.4 Å². The zero-order valence-electron chi connectivity index (χ0n) is 9.67. The summed E-state index contributed by atoms with van der Waals surface area (Å²) in [7, 11) is -1.69. The number of piperidine rings is 1. The second-order valence-corrected chi connectivity index (χ2v) is 6.80. The summed E-state index contributed by atoms with van der Waals surface area (Å²) in [5.74, 6) is 0.575. The van der Waals surface area contributed by atoms with Crippen LogP contribution in [0.1, 0.15) is 25.7 Å². The largest absolute Gasteiger partial charge is 0.396 e. The van der Waals surface area contributed by atoms with Gasteiger partial charge in [0.2, 0.25) is 0 Å². The topological polar surface area (TPSA) is 60.9 Å². The minimum absolute atomic E-state index is 0.0336. The van der Waals surface area contributed by atoms with Gasteiger partial charge in [0, 0.05) is 32.8 Å². The van der Waals surface area contributed by atoms with E-state index in [0.717, 1.165) is 12.8 Å². The highest BCUT2D eigenvalue weighted by Gasteiger charge is 2.44. The van der Waals surface area contributed by atoms with E-state index in [1.165, 1.54) is 10.7 Å². The number of aliphatic hydroxyl groups is 1. The van der Waals surface area contributed by atoms with Gasteiger partial charge in [-0.1, -0.05) is 0 Å². The Hall–Kier alpha value is -0.170. The number of hydrogen-bond donors (Lipinski definition) is 1. The maximum Gasteiger partial charge on any atom is 0.281 e. The normalized spacial score (nSPS) is 30.4. The summed E-state index contributed by atoms with van der Waals surface area (Å²) in [5.41, 5.74) is 0. The molecule has 2 aliphatic rings. The maximum absolute atomic E-state index is 12.2. The molecule has 94 valence electrons. The van der Waals surface area contributed by atoms with Crippen molar-refractivity contribution in [3.63, 3.8) is 0 Å². The molecule has 16 heavy (non-hydrogen) atoms. The Morgan fingerprint density at radius 1 is 1.44 bits per heavy atom. The van der Waals surface area contributed by atoms with Crippen LogP contribution >= 0.6 is 0 Å². The zero-order valence-corrected chi connectivity index (χ0v) is 10.5. The molecule has 0 spiro atoms. The van der Waals surface area contributed by atoms with Crippen molar-refractivity contribution in [2.24, 2.45) is 5.92 Å². The van der Waals surface area contributed by atoms with Crippen LogP contribution in [0.4, 0.5) is 0 Å². The summed E-state index contributed by atoms with van der Waals surface area (Å²) in [5, 5.41) is 8.72. The molecule has 5 nitrogen and oxygen atoms in total. The molecule has 0 amide bonds. The molecule has 1 aliphatic carbocycles. The summed E-state index contributed by atoms with van der Waals surface area (Å²) in [6.07, 6.45) is 3.72. The van der Waals surface area contributed by atoms with Crippen LogP contribution in [0.5, 0.6) is 0 Å². The maximum atomic E-state index is 12.2. The summed E-state index contributed by atoms with van der Waals surface area (Å²) in [6.45, 7) is 1.12. The van der Waals surface area contributed by atoms with Gasteiger partial charge in [0.1, 0.15) is 0 Å². The van der Waals surface area contributed by atoms with Gasteiger partial charge in [-0.2, -0.15) is 17.0 Å². The first-order valence-corrected chi connectivity index (χ1v) is 7.29. The third kappa shape index (κ3) is 2.11. The Bertz CT molecular complexity index is 344. The lowest BCUT2D eigenvalue weighted by atomic mass is 10.1. The van der Waals surface area contributed by atoms with E-state index in [1.807, 2.05) is 0 Å². The van der Waals surface area contributed by atoms with E-state index >= 15 is 0 Å². The molecule has 0 aromatic heterocycles. The SMILES string of the molecule is CN(CCCO)S(=O)(=O)N1CC2CCC1C2. The van der Waals surface area contributed by atoms with Crippen molar-refractivity contribution in [2.75, 3.05) is 26.7 Å². The molecule has 2 rings (SSSR count). The van der Waals surface area contributed by atoms with Crippen molar-refractivity contribution in [3.05, 3.63) is 0 Å². The standard InChI is InChI=1S/C10H20N2O3S/c1-11(5-2-6-13)16(14,15)12-8-9-3-4-10(12)7-9/h9-10,13H,2-8H2,1H3. The van der Waals surface area contributed by atoms with Crippen molar-refractivity contribution >= 4 is 10.2 Å². The average molecular weight is 248 g/mol. The molecule has 2 unspecified atom stereocenters. The minimum Gasteiger partial charge on any atom is -0.396 e. The van der Waals surface area contributed by atoms with Gasteiger partial charge in [-0.05, 0) is 31.6 Å². The Labute approximate surface area is 97.2 Å². The van der Waals surface area contributed by atoms with Crippen molar-refractivity contribution in [1.82, 2.24) is 8.61 Å². The number of hydrogen-bond acceptors (Lipinski definition) is 3. The van der Waals surface area contributed by atoms with Crippen LogP contribution in [0, 0.1) is 5.92 Å². The van der Waals surface area contributed by atoms with Crippen LogP contribution in [0.15, 0.2) is 0 Å². The Morgan fingerprint density at radius 3 is 2.69 bits per heavy atom. The number of rotatable bonds is 5. The number of nitrogens with zero attached hydrogens (tertiary/aromatic N) is 2. The predicted octanol–water partition coefficient (Wildman–Crippen LogP) is 0.0297. The molecule has 6 heteroatoms. The van der Waals surface area contributed by atoms with E-state index in [-0.39, 0.29) is 12.6 Å². The summed E-state index contributed by atoms with van der Waals surface area (Å²) >= 11 is 0. The first-order chi connectivity index (χ1) is 7.55. The number of fused-ring (bicyclic) bond motifs is 2. The highest BCUT2D eigenvalue weighted by molar-refractivity contribution is 7.86. The van der Waals surface area contributed by atoms with E-state index in [9.17, 15) is 8.42 Å². The Kier molecular flexibility index (Phi) is 3.53. The van der Waals surface area contributed by atoms with Crippen LogP contribution in [-0.4, -0.2) is 54.9 Å². The third-order valence-corrected chi connectivity index (χ3v) is 5.69. The highest BCUT2D eigenvalue weighted by atomic mass is 32.2. The molecule has 1 saturated heterocycles. The molecule has 0 radical (unpaired) electrons. The fraction of sp³-hybridized carbons (Fsp3) is 1.00. The van der Waals surface area contributed by atoms with E-state index in [2.05, 4.69) is 0 Å². The fourth-order valence-electron chi connectivity index (χ4n) is 2.75. The van der Waals surface area contributed by atoms with Gasteiger partial charge in [-0.15, -0.1) is 0 Å². The quantitative estimate of drug-likeness (QED) is 0.746. The van der Waals surface area contributed by atoms with Crippen molar-refractivity contribution in [2.45, 2.75) is 31.7 Å². The second kappa shape index (κ2) is 4.60. The summed E-state index contributed by atoms with van der Waals surface area (Å²) in [4.78, 5) is 0. The first-order valence-electron chi connectivity index (χ1n) is 5.89. The molecular weight excluding hydrogens is 228 g/mol. The van der Waals surface area contributed by atoms with Crippen LogP contribution in [0.2, 0.25) is 0 Å². The third-order valence-electron chi connectivity index (χ3n) is 3.68. The molecular formula is C10H20N2O3S. The molecule has 2 bridgehead atoms. The van der Waals surface area contributed by atoms with E-state index in [0.29, 0.717) is 25.4 Å². The molecule has 0 aromatic rings. The van der Waals surface area contributed by atoms with Gasteiger partial charge >= 0.3 is 0 Å². The second-order valence-electron chi connectivity index (χ2n) is 4.81. The average Bonchev–Trinajstić information content (AvgIpc) is 2.87. The van der Waals surface area contributed by atoms with Crippen LogP contribution < -0.4 is 0 Å². The molecule has 1 aliphatic heterocycles. The van der Waals surface area contributed by atoms with Gasteiger partial charge in [0.15, 0.2) is 0 Å². The Balaban J connectivity index is 2.02. The molecule has 1 heterocycles. The lowest BCUT2D eigenvalue weighted by Crippen LogP contribution is -2.46. The molecule has 2 atom stereocenters. The zero-order chi connectivity index (χ0) is 11.8. The van der Waals surface area contributed by atoms with Gasteiger partial charge in [-0.3, -0.25) is 0 Å². The smallest absolute Gasteiger partial charge is 0.281 e. The van der Waals surface area contributed by atoms with Gasteiger partial charge < -0.3 is 5.11 Å². The summed E-state index contributed by atoms with van der Waals surface area (Å²) < 4.78 is 27.4. The van der Waals surface area contributed by atoms with Crippen molar-refractivity contribution < 1.29 is 13.5 Å². The van der Waals surface area contributed by atoms with E-state index in [4.69, 9.17) is 5.11 Å². The van der Waals surface area contributed by atoms with Crippen molar-refractivity contribution in [1.29, 1.82) is 0 Å². The van der Waals surface area contributed by atoms with E-state index < -0.39 is 10.2 Å². The number of aliphatic hydroxyl groups excluding tert-OH is 1. The lowest BCUT2D eigenvalue weighted by Gasteiger charge is -2.30. The van der Waals surface area contributed by atoms with Crippen molar-refractivity contribution in [3.8, 4) is 0 Å². The van der Waals surface area contributed by atoms with Crippen LogP contribution in [-0.2, 0) is 10.2 Å². The first kappa shape index (κ1) is 12.3. The van der Waals surface area contributed by atoms with Gasteiger partial charge in [0.05, 0.1) is 0 Å². The van der Waals surface area contributed by atoms with Gasteiger partial charge in [0.25, 0.3) is 10.2 Å². The van der Waals surface area contributed by atoms with Crippen LogP contribution in [0.25, 0.3) is 0 Å².